The van der Waals surface area contributed by atoms with E-state index in [1.165, 1.54) is 22.1 Å². The van der Waals surface area contributed by atoms with Gasteiger partial charge in [-0.15, -0.1) is 11.3 Å². The summed E-state index contributed by atoms with van der Waals surface area (Å²) in [6.45, 7) is 0. The second-order valence-electron chi connectivity index (χ2n) is 6.18. The molecular formula is C22H14N2OS. The molecule has 0 unspecified atom stereocenters. The van der Waals surface area contributed by atoms with Gasteiger partial charge in [-0.1, -0.05) is 42.5 Å². The summed E-state index contributed by atoms with van der Waals surface area (Å²) < 4.78 is 0. The van der Waals surface area contributed by atoms with Crippen molar-refractivity contribution in [1.29, 1.82) is 0 Å². The number of rotatable bonds is 2. The molecule has 0 spiro atoms. The molecule has 1 N–H and O–H groups in total. The molecule has 2 heterocycles. The predicted octanol–water partition coefficient (Wildman–Crippen LogP) is 4.10. The van der Waals surface area contributed by atoms with Gasteiger partial charge in [0.1, 0.15) is 5.01 Å². The van der Waals surface area contributed by atoms with E-state index in [2.05, 4.69) is 40.3 Å². The van der Waals surface area contributed by atoms with Gasteiger partial charge in [0.25, 0.3) is 0 Å². The molecule has 0 saturated heterocycles. The van der Waals surface area contributed by atoms with Gasteiger partial charge in [-0.3, -0.25) is 4.99 Å². The Hall–Kier alpha value is -3.24. The Kier molecular flexibility index (Phi) is 3.43. The number of aromatic nitrogens is 1. The zero-order valence-corrected chi connectivity index (χ0v) is 14.6. The van der Waals surface area contributed by atoms with Crippen LogP contribution in [0.1, 0.15) is 10.4 Å². The normalized spacial score (nSPS) is 13.2. The van der Waals surface area contributed by atoms with Crippen molar-refractivity contribution in [2.45, 2.75) is 0 Å². The van der Waals surface area contributed by atoms with Crippen LogP contribution in [0.4, 0.5) is 0 Å². The van der Waals surface area contributed by atoms with Crippen molar-refractivity contribution in [2.75, 3.05) is 0 Å². The quantitative estimate of drug-likeness (QED) is 0.589. The standard InChI is InChI=1S/C22H14N2OS/c25-21-20(12-14-5-8-19-17(11-14)9-10-23-19)26-22(24-21)18-7-6-15-3-1-2-4-16(15)13-18/h1-13,25H/b14-12+. The van der Waals surface area contributed by atoms with Crippen molar-refractivity contribution in [2.24, 2.45) is 4.99 Å². The molecule has 0 radical (unpaired) electrons. The molecule has 3 aromatic carbocycles. The average Bonchev–Trinajstić information content (AvgIpc) is 3.28. The van der Waals surface area contributed by atoms with Crippen LogP contribution < -0.4 is 10.6 Å². The number of benzene rings is 3. The van der Waals surface area contributed by atoms with Crippen molar-refractivity contribution in [3.63, 3.8) is 0 Å². The molecule has 1 aliphatic rings. The van der Waals surface area contributed by atoms with Crippen LogP contribution in [0.15, 0.2) is 71.9 Å². The maximum Gasteiger partial charge on any atom is 0.230 e. The first kappa shape index (κ1) is 15.0. The van der Waals surface area contributed by atoms with E-state index in [0.717, 1.165) is 31.6 Å². The highest BCUT2D eigenvalue weighted by Crippen LogP contribution is 2.33. The Bertz CT molecular complexity index is 1300. The van der Waals surface area contributed by atoms with E-state index in [9.17, 15) is 5.11 Å². The summed E-state index contributed by atoms with van der Waals surface area (Å²) in [5.74, 6) is 0.0684. The van der Waals surface area contributed by atoms with Gasteiger partial charge < -0.3 is 5.11 Å². The zero-order chi connectivity index (χ0) is 17.5. The lowest BCUT2D eigenvalue weighted by Crippen LogP contribution is -2.09. The molecule has 0 aliphatic carbocycles. The fourth-order valence-electron chi connectivity index (χ4n) is 3.13. The first-order valence-corrected chi connectivity index (χ1v) is 9.13. The highest BCUT2D eigenvalue weighted by molar-refractivity contribution is 7.16. The van der Waals surface area contributed by atoms with Crippen LogP contribution in [0.2, 0.25) is 0 Å². The van der Waals surface area contributed by atoms with E-state index in [4.69, 9.17) is 0 Å². The molecule has 4 heteroatoms. The van der Waals surface area contributed by atoms with Crippen molar-refractivity contribution in [3.05, 3.63) is 87.9 Å². The van der Waals surface area contributed by atoms with Gasteiger partial charge in [0.05, 0.1) is 10.2 Å². The molecule has 26 heavy (non-hydrogen) atoms. The Labute approximate surface area is 153 Å². The summed E-state index contributed by atoms with van der Waals surface area (Å²) >= 11 is 1.49. The zero-order valence-electron chi connectivity index (χ0n) is 13.8. The number of aromatic hydroxyl groups is 1. The van der Waals surface area contributed by atoms with Gasteiger partial charge in [-0.25, -0.2) is 4.98 Å². The van der Waals surface area contributed by atoms with Crippen LogP contribution >= 0.6 is 11.3 Å². The molecule has 0 atom stereocenters. The summed E-state index contributed by atoms with van der Waals surface area (Å²) in [6.07, 6.45) is 5.75. The van der Waals surface area contributed by atoms with Gasteiger partial charge in [0.2, 0.25) is 5.88 Å². The molecule has 5 rings (SSSR count). The third kappa shape index (κ3) is 2.61. The van der Waals surface area contributed by atoms with Crippen LogP contribution in [-0.4, -0.2) is 10.1 Å². The van der Waals surface area contributed by atoms with E-state index >= 15 is 0 Å². The van der Waals surface area contributed by atoms with E-state index < -0.39 is 0 Å². The molecule has 0 saturated carbocycles. The van der Waals surface area contributed by atoms with Crippen molar-refractivity contribution >= 4 is 34.3 Å². The minimum atomic E-state index is 0.0684. The van der Waals surface area contributed by atoms with Gasteiger partial charge in [0, 0.05) is 17.3 Å². The molecule has 124 valence electrons. The Balaban J connectivity index is 1.58. The minimum absolute atomic E-state index is 0.0684. The van der Waals surface area contributed by atoms with Gasteiger partial charge >= 0.3 is 0 Å². The average molecular weight is 354 g/mol. The Morgan fingerprint density at radius 1 is 0.923 bits per heavy atom. The summed E-state index contributed by atoms with van der Waals surface area (Å²) in [5.41, 5.74) is 2.11. The third-order valence-electron chi connectivity index (χ3n) is 4.45. The summed E-state index contributed by atoms with van der Waals surface area (Å²) in [4.78, 5) is 9.40. The maximum atomic E-state index is 10.3. The smallest absolute Gasteiger partial charge is 0.230 e. The highest BCUT2D eigenvalue weighted by atomic mass is 32.1. The van der Waals surface area contributed by atoms with Crippen molar-refractivity contribution in [1.82, 2.24) is 4.98 Å². The topological polar surface area (TPSA) is 45.5 Å². The van der Waals surface area contributed by atoms with Crippen LogP contribution in [-0.2, 0) is 0 Å². The lowest BCUT2D eigenvalue weighted by Gasteiger charge is -2.00. The molecule has 4 aromatic rings. The number of nitrogens with zero attached hydrogens (tertiary/aromatic N) is 2. The SMILES string of the molecule is Oc1nc(-c2ccc3ccccc3c2)sc1/C=c1\ccc2c(c1)C=CN=2. The van der Waals surface area contributed by atoms with Gasteiger partial charge in [-0.05, 0) is 46.3 Å². The second kappa shape index (κ2) is 5.93. The third-order valence-corrected chi connectivity index (χ3v) is 5.49. The van der Waals surface area contributed by atoms with E-state index in [0.29, 0.717) is 0 Å². The number of thiazole rings is 1. The van der Waals surface area contributed by atoms with Crippen molar-refractivity contribution < 1.29 is 5.11 Å². The number of fused-ring (bicyclic) bond motifs is 2. The van der Waals surface area contributed by atoms with Crippen LogP contribution in [0.3, 0.4) is 0 Å². The largest absolute Gasteiger partial charge is 0.492 e. The fraction of sp³-hybridized carbons (Fsp3) is 0. The highest BCUT2D eigenvalue weighted by Gasteiger charge is 2.10. The first-order valence-electron chi connectivity index (χ1n) is 8.31. The Morgan fingerprint density at radius 2 is 1.81 bits per heavy atom. The first-order chi connectivity index (χ1) is 12.8. The molecule has 0 bridgehead atoms. The van der Waals surface area contributed by atoms with Crippen LogP contribution in [0.25, 0.3) is 33.5 Å². The Morgan fingerprint density at radius 3 is 2.73 bits per heavy atom. The summed E-state index contributed by atoms with van der Waals surface area (Å²) in [7, 11) is 0. The predicted molar refractivity (Wildman–Crippen MR) is 107 cm³/mol. The minimum Gasteiger partial charge on any atom is -0.492 e. The summed E-state index contributed by atoms with van der Waals surface area (Å²) in [5, 5.41) is 15.5. The van der Waals surface area contributed by atoms with Gasteiger partial charge in [-0.2, -0.15) is 0 Å². The van der Waals surface area contributed by atoms with E-state index in [1.54, 1.807) is 6.20 Å². The molecule has 0 fully saturated rings. The number of hydrogen-bond donors (Lipinski definition) is 1. The molecule has 1 aromatic heterocycles. The van der Waals surface area contributed by atoms with E-state index in [1.807, 2.05) is 42.5 Å². The molecule has 3 nitrogen and oxygen atoms in total. The second-order valence-corrected chi connectivity index (χ2v) is 7.21. The monoisotopic (exact) mass is 354 g/mol. The molecule has 1 aliphatic heterocycles. The lowest BCUT2D eigenvalue weighted by atomic mass is 10.1. The van der Waals surface area contributed by atoms with Gasteiger partial charge in [0.15, 0.2) is 0 Å². The lowest BCUT2D eigenvalue weighted by molar-refractivity contribution is 0.456. The fourth-order valence-corrected chi connectivity index (χ4v) is 4.04. The van der Waals surface area contributed by atoms with Crippen LogP contribution in [0.5, 0.6) is 5.88 Å². The van der Waals surface area contributed by atoms with E-state index in [-0.39, 0.29) is 5.88 Å². The van der Waals surface area contributed by atoms with Crippen LogP contribution in [0, 0.1) is 0 Å². The van der Waals surface area contributed by atoms with Crippen molar-refractivity contribution in [3.8, 4) is 16.5 Å². The summed E-state index contributed by atoms with van der Waals surface area (Å²) in [6, 6.07) is 20.5. The number of hydrogen-bond acceptors (Lipinski definition) is 4. The maximum absolute atomic E-state index is 10.3. The molecular weight excluding hydrogens is 340 g/mol. The molecule has 0 amide bonds.